The van der Waals surface area contributed by atoms with Crippen LogP contribution >= 0.6 is 11.6 Å². The lowest BCUT2D eigenvalue weighted by atomic mass is 10.2. The van der Waals surface area contributed by atoms with Gasteiger partial charge in [-0.05, 0) is 32.9 Å². The fraction of sp³-hybridized carbons (Fsp3) is 0.417. The molecule has 0 aliphatic rings. The summed E-state index contributed by atoms with van der Waals surface area (Å²) in [6, 6.07) is 4.61. The summed E-state index contributed by atoms with van der Waals surface area (Å²) in [5.41, 5.74) is 0.397. The predicted octanol–water partition coefficient (Wildman–Crippen LogP) is 1.93. The van der Waals surface area contributed by atoms with Gasteiger partial charge in [-0.15, -0.1) is 0 Å². The van der Waals surface area contributed by atoms with E-state index in [9.17, 15) is 4.79 Å². The smallest absolute Gasteiger partial charge is 0.242 e. The Balaban J connectivity index is 2.76. The maximum absolute atomic E-state index is 11.7. The van der Waals surface area contributed by atoms with E-state index in [0.29, 0.717) is 11.4 Å². The molecule has 2 N–H and O–H groups in total. The van der Waals surface area contributed by atoms with Gasteiger partial charge in [0.15, 0.2) is 0 Å². The van der Waals surface area contributed by atoms with Crippen molar-refractivity contribution in [2.24, 2.45) is 0 Å². The third kappa shape index (κ3) is 4.22. The van der Waals surface area contributed by atoms with Crippen molar-refractivity contribution in [3.63, 3.8) is 0 Å². The van der Waals surface area contributed by atoms with Crippen LogP contribution in [0.2, 0.25) is 5.15 Å². The Hall–Kier alpha value is -1.80. The van der Waals surface area contributed by atoms with Crippen LogP contribution in [0.15, 0.2) is 12.1 Å². The molecule has 5 nitrogen and oxygen atoms in total. The van der Waals surface area contributed by atoms with Crippen molar-refractivity contribution in [3.05, 3.63) is 22.8 Å². The van der Waals surface area contributed by atoms with Crippen molar-refractivity contribution in [2.45, 2.75) is 32.9 Å². The summed E-state index contributed by atoms with van der Waals surface area (Å²) >= 11 is 5.77. The highest BCUT2D eigenvalue weighted by Gasteiger charge is 2.14. The molecule has 0 aliphatic heterocycles. The molecular weight excluding hydrogens is 252 g/mol. The van der Waals surface area contributed by atoms with Crippen molar-refractivity contribution in [3.8, 4) is 6.07 Å². The number of carbonyl (C=O) groups is 1. The lowest BCUT2D eigenvalue weighted by Crippen LogP contribution is -2.41. The summed E-state index contributed by atoms with van der Waals surface area (Å²) in [6.07, 6.45) is 0. The van der Waals surface area contributed by atoms with Gasteiger partial charge in [-0.1, -0.05) is 11.6 Å². The third-order valence-corrected chi connectivity index (χ3v) is 2.31. The van der Waals surface area contributed by atoms with Crippen LogP contribution in [0.25, 0.3) is 0 Å². The van der Waals surface area contributed by atoms with Crippen molar-refractivity contribution < 1.29 is 4.79 Å². The van der Waals surface area contributed by atoms with Gasteiger partial charge in [0.25, 0.3) is 0 Å². The number of pyridine rings is 1. The van der Waals surface area contributed by atoms with Gasteiger partial charge in [0.1, 0.15) is 17.0 Å². The SMILES string of the molecule is CC(C)NC(=O)C(C)Nc1cc(C#N)cc(Cl)n1. The molecule has 1 rings (SSSR count). The molecule has 0 aliphatic carbocycles. The molecule has 1 aromatic heterocycles. The zero-order valence-corrected chi connectivity index (χ0v) is 11.2. The zero-order valence-electron chi connectivity index (χ0n) is 10.5. The average molecular weight is 267 g/mol. The van der Waals surface area contributed by atoms with Gasteiger partial charge < -0.3 is 10.6 Å². The number of rotatable bonds is 4. The van der Waals surface area contributed by atoms with Crippen LogP contribution in [-0.4, -0.2) is 23.0 Å². The monoisotopic (exact) mass is 266 g/mol. The van der Waals surface area contributed by atoms with E-state index >= 15 is 0 Å². The Kier molecular flexibility index (Phi) is 4.93. The zero-order chi connectivity index (χ0) is 13.7. The first-order valence-corrected chi connectivity index (χ1v) is 5.94. The summed E-state index contributed by atoms with van der Waals surface area (Å²) in [7, 11) is 0. The van der Waals surface area contributed by atoms with Crippen LogP contribution < -0.4 is 10.6 Å². The van der Waals surface area contributed by atoms with Crippen LogP contribution in [0, 0.1) is 11.3 Å². The van der Waals surface area contributed by atoms with Crippen LogP contribution in [0.5, 0.6) is 0 Å². The lowest BCUT2D eigenvalue weighted by molar-refractivity contribution is -0.122. The molecule has 1 aromatic rings. The van der Waals surface area contributed by atoms with Crippen LogP contribution in [-0.2, 0) is 4.79 Å². The highest BCUT2D eigenvalue weighted by atomic mass is 35.5. The van der Waals surface area contributed by atoms with Crippen molar-refractivity contribution >= 4 is 23.3 Å². The second-order valence-corrected chi connectivity index (χ2v) is 4.59. The van der Waals surface area contributed by atoms with E-state index in [0.717, 1.165) is 0 Å². The Morgan fingerprint density at radius 2 is 2.11 bits per heavy atom. The number of nitrogens with zero attached hydrogens (tertiary/aromatic N) is 2. The van der Waals surface area contributed by atoms with E-state index in [1.165, 1.54) is 6.07 Å². The molecule has 0 spiro atoms. The molecule has 6 heteroatoms. The van der Waals surface area contributed by atoms with Crippen LogP contribution in [0.1, 0.15) is 26.3 Å². The number of nitriles is 1. The van der Waals surface area contributed by atoms with E-state index in [4.69, 9.17) is 16.9 Å². The summed E-state index contributed by atoms with van der Waals surface area (Å²) in [6.45, 7) is 5.48. The van der Waals surface area contributed by atoms with Gasteiger partial charge in [0.2, 0.25) is 5.91 Å². The molecule has 1 unspecified atom stereocenters. The van der Waals surface area contributed by atoms with Crippen molar-refractivity contribution in [1.82, 2.24) is 10.3 Å². The molecule has 1 heterocycles. The summed E-state index contributed by atoms with van der Waals surface area (Å²) in [5.74, 6) is 0.274. The van der Waals surface area contributed by atoms with Crippen molar-refractivity contribution in [1.29, 1.82) is 5.26 Å². The van der Waals surface area contributed by atoms with E-state index in [1.807, 2.05) is 19.9 Å². The number of amides is 1. The summed E-state index contributed by atoms with van der Waals surface area (Å²) in [5, 5.41) is 14.7. The molecule has 1 amide bonds. The van der Waals surface area contributed by atoms with Crippen LogP contribution in [0.3, 0.4) is 0 Å². The standard InChI is InChI=1S/C12H15ClN4O/c1-7(2)15-12(18)8(3)16-11-5-9(6-14)4-10(13)17-11/h4-5,7-8H,1-3H3,(H,15,18)(H,16,17). The maximum atomic E-state index is 11.7. The Morgan fingerprint density at radius 1 is 1.44 bits per heavy atom. The molecule has 0 radical (unpaired) electrons. The second-order valence-electron chi connectivity index (χ2n) is 4.20. The molecule has 96 valence electrons. The number of nitrogens with one attached hydrogen (secondary N) is 2. The van der Waals surface area contributed by atoms with Gasteiger partial charge in [0, 0.05) is 6.04 Å². The first-order chi connectivity index (χ1) is 8.42. The number of carbonyl (C=O) groups excluding carboxylic acids is 1. The average Bonchev–Trinajstić information content (AvgIpc) is 2.27. The quantitative estimate of drug-likeness (QED) is 0.817. The highest BCUT2D eigenvalue weighted by molar-refractivity contribution is 6.29. The fourth-order valence-electron chi connectivity index (χ4n) is 1.33. The second kappa shape index (κ2) is 6.22. The van der Waals surface area contributed by atoms with E-state index in [-0.39, 0.29) is 17.1 Å². The molecular formula is C12H15ClN4O. The summed E-state index contributed by atoms with van der Waals surface area (Å²) < 4.78 is 0. The van der Waals surface area contributed by atoms with Gasteiger partial charge >= 0.3 is 0 Å². The largest absolute Gasteiger partial charge is 0.359 e. The first-order valence-electron chi connectivity index (χ1n) is 5.57. The lowest BCUT2D eigenvalue weighted by Gasteiger charge is -2.16. The van der Waals surface area contributed by atoms with Crippen molar-refractivity contribution in [2.75, 3.05) is 5.32 Å². The minimum atomic E-state index is -0.454. The maximum Gasteiger partial charge on any atom is 0.242 e. The molecule has 0 fully saturated rings. The minimum Gasteiger partial charge on any atom is -0.359 e. The first kappa shape index (κ1) is 14.3. The Morgan fingerprint density at radius 3 is 2.67 bits per heavy atom. The third-order valence-electron chi connectivity index (χ3n) is 2.11. The molecule has 18 heavy (non-hydrogen) atoms. The topological polar surface area (TPSA) is 77.8 Å². The van der Waals surface area contributed by atoms with E-state index in [1.54, 1.807) is 13.0 Å². The molecule has 0 bridgehead atoms. The van der Waals surface area contributed by atoms with Gasteiger partial charge in [-0.2, -0.15) is 5.26 Å². The predicted molar refractivity (Wildman–Crippen MR) is 70.3 cm³/mol. The summed E-state index contributed by atoms with van der Waals surface area (Å²) in [4.78, 5) is 15.7. The van der Waals surface area contributed by atoms with Gasteiger partial charge in [0.05, 0.1) is 11.6 Å². The highest BCUT2D eigenvalue weighted by Crippen LogP contribution is 2.14. The molecule has 0 aromatic carbocycles. The fourth-order valence-corrected chi connectivity index (χ4v) is 1.54. The minimum absolute atomic E-state index is 0.0729. The Bertz CT molecular complexity index is 481. The normalized spacial score (nSPS) is 11.8. The molecule has 1 atom stereocenters. The van der Waals surface area contributed by atoms with Crippen LogP contribution in [0.4, 0.5) is 5.82 Å². The number of anilines is 1. The molecule has 0 saturated carbocycles. The Labute approximate surface area is 111 Å². The van der Waals surface area contributed by atoms with Gasteiger partial charge in [-0.25, -0.2) is 4.98 Å². The van der Waals surface area contributed by atoms with E-state index in [2.05, 4.69) is 15.6 Å². The molecule has 0 saturated heterocycles. The number of hydrogen-bond acceptors (Lipinski definition) is 4. The number of halogens is 1. The number of aromatic nitrogens is 1. The van der Waals surface area contributed by atoms with E-state index < -0.39 is 6.04 Å². The van der Waals surface area contributed by atoms with Gasteiger partial charge in [-0.3, -0.25) is 4.79 Å². The number of hydrogen-bond donors (Lipinski definition) is 2.